The molecule has 1 rings (SSSR count). The predicted molar refractivity (Wildman–Crippen MR) is 65.7 cm³/mol. The lowest BCUT2D eigenvalue weighted by Gasteiger charge is -2.13. The molecule has 2 atom stereocenters. The molecule has 0 spiro atoms. The Morgan fingerprint density at radius 2 is 1.94 bits per heavy atom. The first-order valence-corrected chi connectivity index (χ1v) is 5.75. The number of nitrogens with one attached hydrogen (secondary N) is 1. The molecule has 3 heteroatoms. The molecule has 0 heterocycles. The summed E-state index contributed by atoms with van der Waals surface area (Å²) in [5.41, 5.74) is 1.23. The second kappa shape index (κ2) is 6.51. The van der Waals surface area contributed by atoms with Gasteiger partial charge in [-0.05, 0) is 38.1 Å². The normalized spacial score (nSPS) is 14.5. The van der Waals surface area contributed by atoms with E-state index in [9.17, 15) is 5.11 Å². The van der Waals surface area contributed by atoms with Gasteiger partial charge >= 0.3 is 0 Å². The number of benzene rings is 1. The highest BCUT2D eigenvalue weighted by atomic mass is 16.5. The molecular formula is C13H21NO2. The van der Waals surface area contributed by atoms with E-state index < -0.39 is 0 Å². The Kier molecular flexibility index (Phi) is 5.29. The Hall–Kier alpha value is -1.06. The maximum Gasteiger partial charge on any atom is 0.119 e. The first-order valence-electron chi connectivity index (χ1n) is 5.75. The van der Waals surface area contributed by atoms with Gasteiger partial charge in [0.2, 0.25) is 0 Å². The summed E-state index contributed by atoms with van der Waals surface area (Å²) in [5, 5.41) is 12.5. The van der Waals surface area contributed by atoms with Crippen LogP contribution in [0.25, 0.3) is 0 Å². The largest absolute Gasteiger partial charge is 0.491 e. The summed E-state index contributed by atoms with van der Waals surface area (Å²) in [5.74, 6) is 0.805. The zero-order valence-electron chi connectivity index (χ0n) is 10.2. The number of aliphatic hydroxyl groups is 1. The topological polar surface area (TPSA) is 41.5 Å². The van der Waals surface area contributed by atoms with Gasteiger partial charge in [0.25, 0.3) is 0 Å². The van der Waals surface area contributed by atoms with Gasteiger partial charge in [-0.25, -0.2) is 0 Å². The van der Waals surface area contributed by atoms with Crippen LogP contribution in [0.4, 0.5) is 0 Å². The lowest BCUT2D eigenvalue weighted by Crippen LogP contribution is -2.16. The number of aliphatic hydroxyl groups excluding tert-OH is 1. The third-order valence-corrected chi connectivity index (χ3v) is 2.73. The van der Waals surface area contributed by atoms with Gasteiger partial charge in [0, 0.05) is 6.04 Å². The molecule has 3 nitrogen and oxygen atoms in total. The second-order valence-electron chi connectivity index (χ2n) is 3.95. The van der Waals surface area contributed by atoms with Crippen molar-refractivity contribution < 1.29 is 9.84 Å². The van der Waals surface area contributed by atoms with Crippen LogP contribution in [0.15, 0.2) is 24.3 Å². The summed E-state index contributed by atoms with van der Waals surface area (Å²) in [7, 11) is 1.94. The highest BCUT2D eigenvalue weighted by Crippen LogP contribution is 2.17. The van der Waals surface area contributed by atoms with E-state index in [0.717, 1.165) is 12.2 Å². The molecule has 1 aromatic rings. The van der Waals surface area contributed by atoms with E-state index in [0.29, 0.717) is 12.6 Å². The van der Waals surface area contributed by atoms with E-state index in [1.54, 1.807) is 0 Å². The monoisotopic (exact) mass is 223 g/mol. The molecule has 0 aliphatic heterocycles. The Morgan fingerprint density at radius 1 is 1.31 bits per heavy atom. The molecule has 16 heavy (non-hydrogen) atoms. The van der Waals surface area contributed by atoms with E-state index in [1.165, 1.54) is 5.56 Å². The summed E-state index contributed by atoms with van der Waals surface area (Å²) >= 11 is 0. The molecular weight excluding hydrogens is 202 g/mol. The average molecular weight is 223 g/mol. The number of rotatable bonds is 6. The summed E-state index contributed by atoms with van der Waals surface area (Å²) in [6.45, 7) is 4.40. The molecule has 0 saturated carbocycles. The summed E-state index contributed by atoms with van der Waals surface area (Å²) in [6.07, 6.45) is 0.338. The second-order valence-corrected chi connectivity index (χ2v) is 3.95. The van der Waals surface area contributed by atoms with Crippen LogP contribution in [-0.2, 0) is 0 Å². The van der Waals surface area contributed by atoms with Gasteiger partial charge in [0.1, 0.15) is 12.4 Å². The Bertz CT molecular complexity index is 297. The maximum atomic E-state index is 9.37. The molecule has 1 aromatic carbocycles. The van der Waals surface area contributed by atoms with Gasteiger partial charge < -0.3 is 15.2 Å². The molecule has 90 valence electrons. The fourth-order valence-corrected chi connectivity index (χ4v) is 1.33. The SMILES string of the molecule is CCC(O)COc1ccc(C(C)NC)cc1. The predicted octanol–water partition coefficient (Wildman–Crippen LogP) is 2.12. The molecule has 0 bridgehead atoms. The van der Waals surface area contributed by atoms with Gasteiger partial charge in [0.05, 0.1) is 6.10 Å². The van der Waals surface area contributed by atoms with Gasteiger partial charge in [-0.2, -0.15) is 0 Å². The van der Waals surface area contributed by atoms with Gasteiger partial charge in [0.15, 0.2) is 0 Å². The summed E-state index contributed by atoms with van der Waals surface area (Å²) in [4.78, 5) is 0. The third-order valence-electron chi connectivity index (χ3n) is 2.73. The van der Waals surface area contributed by atoms with Gasteiger partial charge in [-0.3, -0.25) is 0 Å². The lowest BCUT2D eigenvalue weighted by atomic mass is 10.1. The van der Waals surface area contributed by atoms with Crippen LogP contribution in [0.1, 0.15) is 31.9 Å². The number of ether oxygens (including phenoxy) is 1. The Balaban J connectivity index is 2.51. The molecule has 0 aliphatic rings. The zero-order valence-corrected chi connectivity index (χ0v) is 10.2. The first-order chi connectivity index (χ1) is 7.67. The molecule has 0 aliphatic carbocycles. The van der Waals surface area contributed by atoms with Crippen LogP contribution in [-0.4, -0.2) is 24.9 Å². The van der Waals surface area contributed by atoms with Crippen LogP contribution in [0, 0.1) is 0 Å². The third kappa shape index (κ3) is 3.83. The van der Waals surface area contributed by atoms with Crippen molar-refractivity contribution in [2.24, 2.45) is 0 Å². The highest BCUT2D eigenvalue weighted by molar-refractivity contribution is 5.28. The zero-order chi connectivity index (χ0) is 12.0. The summed E-state index contributed by atoms with van der Waals surface area (Å²) in [6, 6.07) is 8.29. The smallest absolute Gasteiger partial charge is 0.119 e. The Labute approximate surface area is 97.4 Å². The van der Waals surface area contributed by atoms with Crippen molar-refractivity contribution in [3.05, 3.63) is 29.8 Å². The molecule has 0 radical (unpaired) electrons. The molecule has 0 fully saturated rings. The van der Waals surface area contributed by atoms with Crippen LogP contribution < -0.4 is 10.1 Å². The van der Waals surface area contributed by atoms with Crippen molar-refractivity contribution in [1.29, 1.82) is 0 Å². The fourth-order valence-electron chi connectivity index (χ4n) is 1.33. The first kappa shape index (κ1) is 13.0. The molecule has 0 amide bonds. The molecule has 2 N–H and O–H groups in total. The van der Waals surface area contributed by atoms with Gasteiger partial charge in [-0.1, -0.05) is 19.1 Å². The van der Waals surface area contributed by atoms with Crippen molar-refractivity contribution >= 4 is 0 Å². The van der Waals surface area contributed by atoms with Crippen LogP contribution in [0.3, 0.4) is 0 Å². The quantitative estimate of drug-likeness (QED) is 0.776. The van der Waals surface area contributed by atoms with E-state index in [4.69, 9.17) is 4.74 Å². The van der Waals surface area contributed by atoms with Crippen molar-refractivity contribution in [3.63, 3.8) is 0 Å². The van der Waals surface area contributed by atoms with Crippen molar-refractivity contribution in [2.45, 2.75) is 32.4 Å². The standard InChI is InChI=1S/C13H21NO2/c1-4-12(15)9-16-13-7-5-11(6-8-13)10(2)14-3/h5-8,10,12,14-15H,4,9H2,1-3H3. The molecule has 2 unspecified atom stereocenters. The minimum atomic E-state index is -0.379. The van der Waals surface area contributed by atoms with E-state index in [1.807, 2.05) is 38.2 Å². The average Bonchev–Trinajstić information content (AvgIpc) is 2.35. The van der Waals surface area contributed by atoms with Crippen LogP contribution >= 0.6 is 0 Å². The highest BCUT2D eigenvalue weighted by Gasteiger charge is 2.04. The fraction of sp³-hybridized carbons (Fsp3) is 0.538. The number of hydrogen-bond donors (Lipinski definition) is 2. The Morgan fingerprint density at radius 3 is 2.44 bits per heavy atom. The lowest BCUT2D eigenvalue weighted by molar-refractivity contribution is 0.104. The van der Waals surface area contributed by atoms with E-state index >= 15 is 0 Å². The van der Waals surface area contributed by atoms with Crippen molar-refractivity contribution in [2.75, 3.05) is 13.7 Å². The molecule has 0 saturated heterocycles. The van der Waals surface area contributed by atoms with Gasteiger partial charge in [-0.15, -0.1) is 0 Å². The molecule has 0 aromatic heterocycles. The summed E-state index contributed by atoms with van der Waals surface area (Å²) < 4.78 is 5.46. The van der Waals surface area contributed by atoms with Crippen molar-refractivity contribution in [3.8, 4) is 5.75 Å². The minimum Gasteiger partial charge on any atom is -0.491 e. The van der Waals surface area contributed by atoms with Crippen LogP contribution in [0.2, 0.25) is 0 Å². The minimum absolute atomic E-state index is 0.343. The maximum absolute atomic E-state index is 9.37. The van der Waals surface area contributed by atoms with E-state index in [-0.39, 0.29) is 6.10 Å². The van der Waals surface area contributed by atoms with Crippen molar-refractivity contribution in [1.82, 2.24) is 5.32 Å². The van der Waals surface area contributed by atoms with Crippen LogP contribution in [0.5, 0.6) is 5.75 Å². The number of hydrogen-bond acceptors (Lipinski definition) is 3. The van der Waals surface area contributed by atoms with E-state index in [2.05, 4.69) is 12.2 Å².